The molecule has 0 radical (unpaired) electrons. The van der Waals surface area contributed by atoms with Crippen molar-refractivity contribution in [1.29, 1.82) is 0 Å². The number of hydrogen-bond acceptors (Lipinski definition) is 6. The molecule has 1 aromatic heterocycles. The van der Waals surface area contributed by atoms with Crippen LogP contribution in [-0.4, -0.2) is 43.6 Å². The van der Waals surface area contributed by atoms with Gasteiger partial charge in [-0.25, -0.2) is 4.98 Å². The average molecular weight is 426 g/mol. The Kier molecular flexibility index (Phi) is 5.24. The minimum Gasteiger partial charge on any atom is -0.497 e. The highest BCUT2D eigenvalue weighted by molar-refractivity contribution is 9.11. The molecule has 0 saturated carbocycles. The number of amides is 2. The van der Waals surface area contributed by atoms with Gasteiger partial charge in [-0.3, -0.25) is 14.5 Å². The molecule has 2 aromatic rings. The van der Waals surface area contributed by atoms with Gasteiger partial charge in [0, 0.05) is 30.1 Å². The summed E-state index contributed by atoms with van der Waals surface area (Å²) in [5, 5.41) is 4.42. The standard InChI is InChI=1S/C16H16BrN3O4S/c1-23-10-5-9(6-11(7-10)24-2)20(13-3-4-18-14(13)21)15(22)12-8-25-16(17)19-12/h5-8,13H,3-4H2,1-2H3,(H,18,21). The molecular formula is C16H16BrN3O4S. The maximum Gasteiger partial charge on any atom is 0.278 e. The highest BCUT2D eigenvalue weighted by Crippen LogP contribution is 2.32. The molecule has 9 heteroatoms. The predicted molar refractivity (Wildman–Crippen MR) is 97.6 cm³/mol. The lowest BCUT2D eigenvalue weighted by atomic mass is 10.1. The summed E-state index contributed by atoms with van der Waals surface area (Å²) in [6.45, 7) is 0.523. The van der Waals surface area contributed by atoms with Gasteiger partial charge in [-0.1, -0.05) is 0 Å². The van der Waals surface area contributed by atoms with Crippen molar-refractivity contribution >= 4 is 44.8 Å². The number of nitrogens with one attached hydrogen (secondary N) is 1. The van der Waals surface area contributed by atoms with E-state index in [2.05, 4.69) is 26.2 Å². The number of anilines is 1. The van der Waals surface area contributed by atoms with Crippen LogP contribution in [0.5, 0.6) is 11.5 Å². The lowest BCUT2D eigenvalue weighted by Crippen LogP contribution is -2.45. The van der Waals surface area contributed by atoms with Crippen molar-refractivity contribution in [3.05, 3.63) is 33.2 Å². The fraction of sp³-hybridized carbons (Fsp3) is 0.312. The molecule has 1 fully saturated rings. The van der Waals surface area contributed by atoms with E-state index in [4.69, 9.17) is 9.47 Å². The molecule has 0 bridgehead atoms. The molecule has 25 heavy (non-hydrogen) atoms. The van der Waals surface area contributed by atoms with Gasteiger partial charge in [-0.15, -0.1) is 11.3 Å². The molecular weight excluding hydrogens is 410 g/mol. The van der Waals surface area contributed by atoms with Crippen molar-refractivity contribution in [2.45, 2.75) is 12.5 Å². The smallest absolute Gasteiger partial charge is 0.278 e. The van der Waals surface area contributed by atoms with Crippen LogP contribution in [0.4, 0.5) is 5.69 Å². The van der Waals surface area contributed by atoms with E-state index < -0.39 is 6.04 Å². The summed E-state index contributed by atoms with van der Waals surface area (Å²) in [6, 6.07) is 4.51. The van der Waals surface area contributed by atoms with Gasteiger partial charge in [0.25, 0.3) is 5.91 Å². The second-order valence-corrected chi connectivity index (χ2v) is 7.46. The topological polar surface area (TPSA) is 80.8 Å². The number of methoxy groups -OCH3 is 2. The van der Waals surface area contributed by atoms with Crippen molar-refractivity contribution in [3.63, 3.8) is 0 Å². The van der Waals surface area contributed by atoms with Crippen LogP contribution in [-0.2, 0) is 4.79 Å². The third-order valence-corrected chi connectivity index (χ3v) is 5.22. The van der Waals surface area contributed by atoms with E-state index in [1.54, 1.807) is 23.6 Å². The number of nitrogens with zero attached hydrogens (tertiary/aromatic N) is 2. The number of halogens is 1. The Morgan fingerprint density at radius 2 is 2.00 bits per heavy atom. The summed E-state index contributed by atoms with van der Waals surface area (Å²) >= 11 is 4.58. The molecule has 1 aliphatic rings. The van der Waals surface area contributed by atoms with Gasteiger partial charge >= 0.3 is 0 Å². The molecule has 7 nitrogen and oxygen atoms in total. The van der Waals surface area contributed by atoms with E-state index in [0.29, 0.717) is 34.1 Å². The minimum absolute atomic E-state index is 0.190. The van der Waals surface area contributed by atoms with Crippen LogP contribution in [0.25, 0.3) is 0 Å². The van der Waals surface area contributed by atoms with Gasteiger partial charge in [-0.2, -0.15) is 0 Å². The first-order valence-corrected chi connectivity index (χ1v) is 9.16. The van der Waals surface area contributed by atoms with Crippen molar-refractivity contribution in [3.8, 4) is 11.5 Å². The number of benzene rings is 1. The molecule has 132 valence electrons. The first kappa shape index (κ1) is 17.7. The maximum atomic E-state index is 13.1. The largest absolute Gasteiger partial charge is 0.497 e. The van der Waals surface area contributed by atoms with Crippen molar-refractivity contribution in [1.82, 2.24) is 10.3 Å². The molecule has 0 spiro atoms. The number of ether oxygens (including phenoxy) is 2. The van der Waals surface area contributed by atoms with E-state index in [9.17, 15) is 9.59 Å². The van der Waals surface area contributed by atoms with Crippen LogP contribution in [0, 0.1) is 0 Å². The highest BCUT2D eigenvalue weighted by Gasteiger charge is 2.36. The summed E-state index contributed by atoms with van der Waals surface area (Å²) in [4.78, 5) is 31.0. The van der Waals surface area contributed by atoms with Crippen LogP contribution in [0.15, 0.2) is 27.5 Å². The maximum absolute atomic E-state index is 13.1. The van der Waals surface area contributed by atoms with E-state index in [0.717, 1.165) is 0 Å². The Morgan fingerprint density at radius 1 is 1.32 bits per heavy atom. The molecule has 3 rings (SSSR count). The van der Waals surface area contributed by atoms with Gasteiger partial charge in [0.15, 0.2) is 3.92 Å². The van der Waals surface area contributed by atoms with E-state index in [1.165, 1.54) is 30.5 Å². The predicted octanol–water partition coefficient (Wildman–Crippen LogP) is 2.46. The summed E-state index contributed by atoms with van der Waals surface area (Å²) in [6.07, 6.45) is 0.523. The minimum atomic E-state index is -0.607. The summed E-state index contributed by atoms with van der Waals surface area (Å²) < 4.78 is 11.2. The number of hydrogen-bond donors (Lipinski definition) is 1. The summed E-state index contributed by atoms with van der Waals surface area (Å²) in [5.74, 6) is 0.527. The number of aromatic nitrogens is 1. The molecule has 2 amide bonds. The second kappa shape index (κ2) is 7.40. The van der Waals surface area contributed by atoms with Crippen LogP contribution < -0.4 is 19.7 Å². The fourth-order valence-corrected chi connectivity index (χ4v) is 3.66. The monoisotopic (exact) mass is 425 g/mol. The lowest BCUT2D eigenvalue weighted by Gasteiger charge is -2.27. The molecule has 1 aliphatic heterocycles. The van der Waals surface area contributed by atoms with Gasteiger partial charge in [0.2, 0.25) is 5.91 Å². The van der Waals surface area contributed by atoms with E-state index in [1.807, 2.05) is 0 Å². The van der Waals surface area contributed by atoms with Crippen molar-refractivity contribution in [2.24, 2.45) is 0 Å². The molecule has 2 heterocycles. The molecule has 0 aliphatic carbocycles. The molecule has 1 unspecified atom stereocenters. The summed E-state index contributed by atoms with van der Waals surface area (Å²) in [5.41, 5.74) is 0.797. The zero-order valence-electron chi connectivity index (χ0n) is 13.6. The van der Waals surface area contributed by atoms with Gasteiger partial charge in [0.1, 0.15) is 23.2 Å². The first-order chi connectivity index (χ1) is 12.0. The Morgan fingerprint density at radius 3 is 2.48 bits per heavy atom. The Bertz CT molecular complexity index is 788. The van der Waals surface area contributed by atoms with Crippen molar-refractivity contribution in [2.75, 3.05) is 25.7 Å². The number of rotatable bonds is 5. The average Bonchev–Trinajstić information content (AvgIpc) is 3.23. The SMILES string of the molecule is COc1cc(OC)cc(N(C(=O)c2csc(Br)n2)C2CCNC2=O)c1. The highest BCUT2D eigenvalue weighted by atomic mass is 79.9. The van der Waals surface area contributed by atoms with Crippen LogP contribution in [0.2, 0.25) is 0 Å². The summed E-state index contributed by atoms with van der Waals surface area (Å²) in [7, 11) is 3.06. The zero-order valence-corrected chi connectivity index (χ0v) is 16.0. The third-order valence-electron chi connectivity index (χ3n) is 3.86. The van der Waals surface area contributed by atoms with Crippen LogP contribution in [0.3, 0.4) is 0 Å². The molecule has 1 atom stereocenters. The number of carbonyl (C=O) groups is 2. The number of carbonyl (C=O) groups excluding carboxylic acids is 2. The van der Waals surface area contributed by atoms with Crippen LogP contribution >= 0.6 is 27.3 Å². The zero-order chi connectivity index (χ0) is 18.0. The normalized spacial score (nSPS) is 16.4. The van der Waals surface area contributed by atoms with Crippen molar-refractivity contribution < 1.29 is 19.1 Å². The third kappa shape index (κ3) is 3.62. The Balaban J connectivity index is 2.08. The quantitative estimate of drug-likeness (QED) is 0.795. The van der Waals surface area contributed by atoms with E-state index in [-0.39, 0.29) is 17.5 Å². The van der Waals surface area contributed by atoms with Gasteiger partial charge in [-0.05, 0) is 22.4 Å². The number of thiazole rings is 1. The Labute approximate surface area is 157 Å². The molecule has 1 aromatic carbocycles. The van der Waals surface area contributed by atoms with Crippen LogP contribution in [0.1, 0.15) is 16.9 Å². The van der Waals surface area contributed by atoms with Gasteiger partial charge < -0.3 is 14.8 Å². The fourth-order valence-electron chi connectivity index (χ4n) is 2.67. The molecule has 1 N–H and O–H groups in total. The Hall–Kier alpha value is -2.13. The van der Waals surface area contributed by atoms with E-state index >= 15 is 0 Å². The second-order valence-electron chi connectivity index (χ2n) is 5.33. The lowest BCUT2D eigenvalue weighted by molar-refractivity contribution is -0.120. The van der Waals surface area contributed by atoms with Gasteiger partial charge in [0.05, 0.1) is 19.9 Å². The molecule has 1 saturated heterocycles. The first-order valence-electron chi connectivity index (χ1n) is 7.49.